The fourth-order valence-corrected chi connectivity index (χ4v) is 3.88. The third kappa shape index (κ3) is 3.46. The number of hydrogen-bond acceptors (Lipinski definition) is 6. The average molecular weight is 414 g/mol. The first-order valence-electron chi connectivity index (χ1n) is 8.57. The van der Waals surface area contributed by atoms with Gasteiger partial charge in [0.15, 0.2) is 17.3 Å². The van der Waals surface area contributed by atoms with Gasteiger partial charge in [-0.2, -0.15) is 9.50 Å². The van der Waals surface area contributed by atoms with Crippen LogP contribution in [-0.2, 0) is 0 Å². The molecule has 6 nitrogen and oxygen atoms in total. The van der Waals surface area contributed by atoms with E-state index < -0.39 is 0 Å². The lowest BCUT2D eigenvalue weighted by Crippen LogP contribution is -2.23. The molecule has 142 valence electrons. The molecule has 8 heteroatoms. The highest BCUT2D eigenvalue weighted by atomic mass is 35.5. The van der Waals surface area contributed by atoms with Gasteiger partial charge < -0.3 is 9.47 Å². The van der Waals surface area contributed by atoms with Crippen LogP contribution in [0.2, 0.25) is 5.02 Å². The van der Waals surface area contributed by atoms with E-state index in [0.29, 0.717) is 38.4 Å². The first-order chi connectivity index (χ1) is 13.6. The van der Waals surface area contributed by atoms with Gasteiger partial charge in [0.05, 0.1) is 18.2 Å². The molecule has 2 aromatic heterocycles. The summed E-state index contributed by atoms with van der Waals surface area (Å²) < 4.78 is 12.7. The first-order valence-corrected chi connectivity index (χ1v) is 9.76. The smallest absolute Gasteiger partial charge is 0.291 e. The van der Waals surface area contributed by atoms with Gasteiger partial charge in [0, 0.05) is 10.6 Å². The van der Waals surface area contributed by atoms with E-state index in [1.54, 1.807) is 25.3 Å². The van der Waals surface area contributed by atoms with E-state index >= 15 is 0 Å². The lowest BCUT2D eigenvalue weighted by atomic mass is 10.2. The Morgan fingerprint density at radius 2 is 2.07 bits per heavy atom. The topological polar surface area (TPSA) is 65.7 Å². The molecule has 0 aliphatic heterocycles. The van der Waals surface area contributed by atoms with E-state index in [4.69, 9.17) is 21.1 Å². The molecule has 0 saturated carbocycles. The van der Waals surface area contributed by atoms with E-state index in [0.717, 1.165) is 11.1 Å². The minimum Gasteiger partial charge on any atom is -0.493 e. The largest absolute Gasteiger partial charge is 0.493 e. The molecule has 28 heavy (non-hydrogen) atoms. The highest BCUT2D eigenvalue weighted by Gasteiger charge is 2.12. The molecule has 0 aliphatic rings. The number of benzene rings is 2. The molecule has 2 heterocycles. The van der Waals surface area contributed by atoms with Crippen LogP contribution in [0.1, 0.15) is 12.5 Å². The van der Waals surface area contributed by atoms with Crippen molar-refractivity contribution in [3.05, 3.63) is 67.9 Å². The highest BCUT2D eigenvalue weighted by molar-refractivity contribution is 7.15. The zero-order valence-corrected chi connectivity index (χ0v) is 16.8. The van der Waals surface area contributed by atoms with Crippen molar-refractivity contribution in [2.24, 2.45) is 0 Å². The second-order valence-corrected chi connectivity index (χ2v) is 7.34. The van der Waals surface area contributed by atoms with Crippen molar-refractivity contribution in [1.82, 2.24) is 14.6 Å². The summed E-state index contributed by atoms with van der Waals surface area (Å²) in [6.45, 7) is 2.46. The minimum absolute atomic E-state index is 0.214. The Morgan fingerprint density at radius 3 is 2.79 bits per heavy atom. The van der Waals surface area contributed by atoms with Crippen LogP contribution in [0, 0.1) is 0 Å². The molecule has 0 atom stereocenters. The lowest BCUT2D eigenvalue weighted by molar-refractivity contribution is 0.311. The summed E-state index contributed by atoms with van der Waals surface area (Å²) in [5.41, 5.74) is 1.38. The summed E-state index contributed by atoms with van der Waals surface area (Å²) in [7, 11) is 1.58. The molecule has 0 radical (unpaired) electrons. The SMILES string of the molecule is CCOc1ccc(/C=c2/sc3nc(-c4cccc(Cl)c4)nn3c2=O)cc1OC. The molecule has 0 bridgehead atoms. The molecule has 4 rings (SSSR count). The second kappa shape index (κ2) is 7.61. The number of fused-ring (bicyclic) bond motifs is 1. The summed E-state index contributed by atoms with van der Waals surface area (Å²) >= 11 is 7.31. The molecule has 0 spiro atoms. The van der Waals surface area contributed by atoms with Gasteiger partial charge in [0.1, 0.15) is 0 Å². The molecule has 2 aromatic carbocycles. The fraction of sp³-hybridized carbons (Fsp3) is 0.150. The van der Waals surface area contributed by atoms with Crippen LogP contribution in [0.5, 0.6) is 11.5 Å². The van der Waals surface area contributed by atoms with E-state index in [-0.39, 0.29) is 5.56 Å². The summed E-state index contributed by atoms with van der Waals surface area (Å²) in [4.78, 5) is 17.7. The normalized spacial score (nSPS) is 11.9. The van der Waals surface area contributed by atoms with Crippen LogP contribution in [-0.4, -0.2) is 28.3 Å². The summed E-state index contributed by atoms with van der Waals surface area (Å²) in [6, 6.07) is 12.8. The minimum atomic E-state index is -0.214. The molecule has 0 aliphatic carbocycles. The van der Waals surface area contributed by atoms with Crippen LogP contribution < -0.4 is 19.6 Å². The van der Waals surface area contributed by atoms with Crippen molar-refractivity contribution in [3.63, 3.8) is 0 Å². The maximum Gasteiger partial charge on any atom is 0.291 e. The number of thiazole rings is 1. The van der Waals surface area contributed by atoms with Crippen molar-refractivity contribution in [3.8, 4) is 22.9 Å². The number of hydrogen-bond donors (Lipinski definition) is 0. The van der Waals surface area contributed by atoms with Gasteiger partial charge in [0.2, 0.25) is 4.96 Å². The predicted molar refractivity (Wildman–Crippen MR) is 111 cm³/mol. The standard InChI is InChI=1S/C20H16ClN3O3S/c1-3-27-15-8-7-12(9-16(15)26-2)10-17-19(25)24-20(28-17)22-18(23-24)13-5-4-6-14(21)11-13/h4-11H,3H2,1-2H3/b17-10+. The van der Waals surface area contributed by atoms with Gasteiger partial charge in [0.25, 0.3) is 5.56 Å². The molecule has 0 saturated heterocycles. The Labute approximate surface area is 169 Å². The first kappa shape index (κ1) is 18.5. The fourth-order valence-electron chi connectivity index (χ4n) is 2.78. The van der Waals surface area contributed by atoms with E-state index in [1.165, 1.54) is 15.9 Å². The Bertz CT molecular complexity index is 1270. The number of aromatic nitrogens is 3. The van der Waals surface area contributed by atoms with Gasteiger partial charge in [-0.15, -0.1) is 5.10 Å². The van der Waals surface area contributed by atoms with Gasteiger partial charge in [-0.05, 0) is 42.8 Å². The second-order valence-electron chi connectivity index (χ2n) is 5.90. The van der Waals surface area contributed by atoms with Crippen molar-refractivity contribution >= 4 is 34.0 Å². The Morgan fingerprint density at radius 1 is 1.21 bits per heavy atom. The van der Waals surface area contributed by atoms with E-state index in [1.807, 2.05) is 37.3 Å². The summed E-state index contributed by atoms with van der Waals surface area (Å²) in [5, 5.41) is 4.93. The van der Waals surface area contributed by atoms with Crippen molar-refractivity contribution in [1.29, 1.82) is 0 Å². The van der Waals surface area contributed by atoms with Crippen LogP contribution in [0.3, 0.4) is 0 Å². The number of nitrogens with zero attached hydrogens (tertiary/aromatic N) is 3. The average Bonchev–Trinajstić information content (AvgIpc) is 3.23. The quantitative estimate of drug-likeness (QED) is 0.501. The van der Waals surface area contributed by atoms with Crippen molar-refractivity contribution in [2.45, 2.75) is 6.92 Å². The zero-order valence-electron chi connectivity index (χ0n) is 15.2. The molecule has 0 N–H and O–H groups in total. The maximum absolute atomic E-state index is 12.7. The van der Waals surface area contributed by atoms with E-state index in [2.05, 4.69) is 10.1 Å². The van der Waals surface area contributed by atoms with Crippen LogP contribution in [0.15, 0.2) is 47.3 Å². The number of halogens is 1. The molecule has 4 aromatic rings. The van der Waals surface area contributed by atoms with Gasteiger partial charge in [-0.1, -0.05) is 41.1 Å². The summed E-state index contributed by atoms with van der Waals surface area (Å²) in [6.07, 6.45) is 1.79. The predicted octanol–water partition coefficient (Wildman–Crippen LogP) is 3.43. The Balaban J connectivity index is 1.75. The van der Waals surface area contributed by atoms with Crippen LogP contribution >= 0.6 is 22.9 Å². The van der Waals surface area contributed by atoms with Crippen LogP contribution in [0.4, 0.5) is 0 Å². The summed E-state index contributed by atoms with van der Waals surface area (Å²) in [5.74, 6) is 1.75. The number of methoxy groups -OCH3 is 1. The van der Waals surface area contributed by atoms with Gasteiger partial charge in [-0.25, -0.2) is 0 Å². The van der Waals surface area contributed by atoms with Gasteiger partial charge in [-0.3, -0.25) is 4.79 Å². The third-order valence-corrected chi connectivity index (χ3v) is 5.24. The van der Waals surface area contributed by atoms with Crippen molar-refractivity contribution < 1.29 is 9.47 Å². The Kier molecular flexibility index (Phi) is 5.02. The Hall–Kier alpha value is -2.90. The number of rotatable bonds is 5. The van der Waals surface area contributed by atoms with E-state index in [9.17, 15) is 4.79 Å². The molecule has 0 fully saturated rings. The number of ether oxygens (including phenoxy) is 2. The monoisotopic (exact) mass is 413 g/mol. The molecule has 0 unspecified atom stereocenters. The highest BCUT2D eigenvalue weighted by Crippen LogP contribution is 2.28. The molecular weight excluding hydrogens is 398 g/mol. The molecule has 0 amide bonds. The zero-order chi connectivity index (χ0) is 19.7. The van der Waals surface area contributed by atoms with Crippen molar-refractivity contribution in [2.75, 3.05) is 13.7 Å². The lowest BCUT2D eigenvalue weighted by Gasteiger charge is -2.09. The maximum atomic E-state index is 12.7. The van der Waals surface area contributed by atoms with Crippen LogP contribution in [0.25, 0.3) is 22.4 Å². The third-order valence-electron chi connectivity index (χ3n) is 4.05. The van der Waals surface area contributed by atoms with Gasteiger partial charge >= 0.3 is 0 Å². The molecular formula is C20H16ClN3O3S.